The molecule has 0 aromatic heterocycles. The smallest absolute Gasteiger partial charge is 0.471 e. The summed E-state index contributed by atoms with van der Waals surface area (Å²) in [6, 6.07) is 20.1. The summed E-state index contributed by atoms with van der Waals surface area (Å²) in [5.41, 5.74) is 3.33. The summed E-state index contributed by atoms with van der Waals surface area (Å²) in [7, 11) is 0. The average Bonchev–Trinajstić information content (AvgIpc) is 3.56. The van der Waals surface area contributed by atoms with Gasteiger partial charge in [-0.3, -0.25) is 9.59 Å². The third-order valence-electron chi connectivity index (χ3n) is 8.42. The van der Waals surface area contributed by atoms with Gasteiger partial charge in [0, 0.05) is 35.2 Å². The van der Waals surface area contributed by atoms with Crippen molar-refractivity contribution in [1.82, 2.24) is 10.2 Å². The van der Waals surface area contributed by atoms with E-state index in [-0.39, 0.29) is 49.8 Å². The maximum absolute atomic E-state index is 13.0. The van der Waals surface area contributed by atoms with Crippen LogP contribution in [0.3, 0.4) is 0 Å². The Kier molecular flexibility index (Phi) is 10.9. The Morgan fingerprint density at radius 3 is 2.19 bits per heavy atom. The quantitative estimate of drug-likeness (QED) is 0.237. The Hall–Kier alpha value is -3.91. The van der Waals surface area contributed by atoms with Crippen molar-refractivity contribution in [3.63, 3.8) is 0 Å². The van der Waals surface area contributed by atoms with E-state index in [2.05, 4.69) is 5.32 Å². The molecule has 0 spiro atoms. The second kappa shape index (κ2) is 14.9. The number of amides is 2. The highest BCUT2D eigenvalue weighted by Gasteiger charge is 2.47. The molecule has 0 aliphatic carbocycles. The van der Waals surface area contributed by atoms with E-state index in [1.807, 2.05) is 31.2 Å². The number of carbonyl (C=O) groups excluding carboxylic acids is 2. The van der Waals surface area contributed by atoms with Crippen LogP contribution in [0.4, 0.5) is 13.2 Å². The number of thioether (sulfide) groups is 1. The highest BCUT2D eigenvalue weighted by molar-refractivity contribution is 7.99. The summed E-state index contributed by atoms with van der Waals surface area (Å²) in [4.78, 5) is 37.2. The lowest BCUT2D eigenvalue weighted by Crippen LogP contribution is -2.50. The zero-order chi connectivity index (χ0) is 33.7. The van der Waals surface area contributed by atoms with Crippen molar-refractivity contribution in [3.05, 3.63) is 101 Å². The van der Waals surface area contributed by atoms with Crippen molar-refractivity contribution in [2.24, 2.45) is 5.92 Å². The van der Waals surface area contributed by atoms with Gasteiger partial charge in [0.25, 0.3) is 0 Å². The van der Waals surface area contributed by atoms with Gasteiger partial charge in [0.15, 0.2) is 6.29 Å². The Balaban J connectivity index is 1.27. The van der Waals surface area contributed by atoms with Crippen molar-refractivity contribution in [1.29, 1.82) is 0 Å². The molecule has 2 fully saturated rings. The van der Waals surface area contributed by atoms with Crippen LogP contribution in [0.15, 0.2) is 77.7 Å². The van der Waals surface area contributed by atoms with E-state index in [0.717, 1.165) is 21.6 Å². The molecule has 2 heterocycles. The summed E-state index contributed by atoms with van der Waals surface area (Å²) in [6.45, 7) is 1.91. The van der Waals surface area contributed by atoms with Crippen molar-refractivity contribution < 1.29 is 47.2 Å². The predicted octanol–water partition coefficient (Wildman–Crippen LogP) is 5.63. The third-order valence-corrected chi connectivity index (χ3v) is 9.52. The molecule has 3 aromatic carbocycles. The lowest BCUT2D eigenvalue weighted by Gasteiger charge is -2.41. The van der Waals surface area contributed by atoms with Crippen LogP contribution in [-0.4, -0.2) is 63.5 Å². The fraction of sp³-hybridized carbons (Fsp3) is 0.382. The van der Waals surface area contributed by atoms with Gasteiger partial charge in [-0.25, -0.2) is 4.79 Å². The number of aliphatic hydroxyl groups is 1. The average molecular weight is 673 g/mol. The molecule has 0 saturated carbocycles. The Bertz CT molecular complexity index is 1550. The van der Waals surface area contributed by atoms with Gasteiger partial charge in [-0.2, -0.15) is 13.2 Å². The number of benzene rings is 3. The highest BCUT2D eigenvalue weighted by Crippen LogP contribution is 2.43. The number of likely N-dealkylation sites (tertiary alicyclic amines) is 1. The number of halogens is 3. The first-order valence-electron chi connectivity index (χ1n) is 15.2. The molecule has 47 heavy (non-hydrogen) atoms. The Morgan fingerprint density at radius 1 is 0.936 bits per heavy atom. The van der Waals surface area contributed by atoms with Crippen molar-refractivity contribution in [3.8, 4) is 0 Å². The molecule has 3 N–H and O–H groups in total. The van der Waals surface area contributed by atoms with E-state index in [9.17, 15) is 37.8 Å². The number of hydrogen-bond acceptors (Lipinski definition) is 7. The van der Waals surface area contributed by atoms with Gasteiger partial charge >= 0.3 is 18.1 Å². The van der Waals surface area contributed by atoms with Crippen LogP contribution in [-0.2, 0) is 32.2 Å². The van der Waals surface area contributed by atoms with Gasteiger partial charge in [-0.1, -0.05) is 55.5 Å². The number of aromatic carboxylic acids is 1. The van der Waals surface area contributed by atoms with E-state index < -0.39 is 36.3 Å². The molecule has 0 unspecified atom stereocenters. The second-order valence-corrected chi connectivity index (χ2v) is 12.7. The first kappa shape index (κ1) is 34.4. The molecule has 2 aliphatic heterocycles. The number of alkyl halides is 3. The summed E-state index contributed by atoms with van der Waals surface area (Å²) in [5.74, 6) is -3.13. The molecule has 0 radical (unpaired) electrons. The summed E-state index contributed by atoms with van der Waals surface area (Å²) >= 11 is 1.54. The van der Waals surface area contributed by atoms with Crippen molar-refractivity contribution >= 4 is 29.5 Å². The number of ether oxygens (including phenoxy) is 2. The number of rotatable bonds is 10. The first-order chi connectivity index (χ1) is 22.4. The van der Waals surface area contributed by atoms with Crippen LogP contribution in [0.2, 0.25) is 0 Å². The van der Waals surface area contributed by atoms with E-state index in [4.69, 9.17) is 9.47 Å². The van der Waals surface area contributed by atoms with Gasteiger partial charge in [0.05, 0.1) is 24.4 Å². The Morgan fingerprint density at radius 2 is 1.57 bits per heavy atom. The predicted molar refractivity (Wildman–Crippen MR) is 166 cm³/mol. The monoisotopic (exact) mass is 672 g/mol. The highest BCUT2D eigenvalue weighted by atomic mass is 32.2. The van der Waals surface area contributed by atoms with E-state index >= 15 is 0 Å². The molecule has 3 aromatic rings. The molecule has 5 rings (SSSR count). The zero-order valence-electron chi connectivity index (χ0n) is 25.5. The van der Waals surface area contributed by atoms with E-state index in [1.54, 1.807) is 60.3 Å². The zero-order valence-corrected chi connectivity index (χ0v) is 26.3. The largest absolute Gasteiger partial charge is 0.478 e. The van der Waals surface area contributed by atoms with Crippen LogP contribution in [0.5, 0.6) is 0 Å². The second-order valence-electron chi connectivity index (χ2n) is 11.6. The standard InChI is InChI=1S/C34H35F3N2O7S/c1-20-28(19-47-26-14-12-24(13-15-26)31(42)43)45-32(46-29(20)23-8-6-22(18-40)7-9-23)25-10-4-21(5-11-25)17-38-30(41)27-3-2-16-39(27)33(44)34(35,36)37/h4-15,20,27-29,32,40H,2-3,16-19H2,1H3,(H,38,41)(H,42,43)/t20-,27+,28+,29+,32+/m1/s1. The fourth-order valence-corrected chi connectivity index (χ4v) is 6.79. The maximum Gasteiger partial charge on any atom is 0.471 e. The normalized spacial score (nSPS) is 23.0. The minimum atomic E-state index is -5.03. The maximum atomic E-state index is 13.0. The first-order valence-corrected chi connectivity index (χ1v) is 16.1. The number of nitrogens with zero attached hydrogens (tertiary/aromatic N) is 1. The van der Waals surface area contributed by atoms with E-state index in [1.165, 1.54) is 0 Å². The van der Waals surface area contributed by atoms with Crippen LogP contribution in [0, 0.1) is 5.92 Å². The number of carboxylic acids is 1. The lowest BCUT2D eigenvalue weighted by atomic mass is 9.91. The van der Waals surface area contributed by atoms with Crippen LogP contribution in [0.1, 0.15) is 64.8 Å². The van der Waals surface area contributed by atoms with Crippen LogP contribution in [0.25, 0.3) is 0 Å². The fourth-order valence-electron chi connectivity index (χ4n) is 5.73. The summed E-state index contributed by atoms with van der Waals surface area (Å²) < 4.78 is 51.8. The van der Waals surface area contributed by atoms with Crippen molar-refractivity contribution in [2.75, 3.05) is 12.3 Å². The number of nitrogens with one attached hydrogen (secondary N) is 1. The van der Waals surface area contributed by atoms with Crippen LogP contribution < -0.4 is 5.32 Å². The Labute approximate surface area is 274 Å². The number of carbonyl (C=O) groups is 3. The molecule has 13 heteroatoms. The number of hydrogen-bond donors (Lipinski definition) is 3. The van der Waals surface area contributed by atoms with Gasteiger partial charge in [-0.15, -0.1) is 11.8 Å². The molecule has 2 saturated heterocycles. The molecule has 0 bridgehead atoms. The molecule has 2 aliphatic rings. The molecule has 9 nitrogen and oxygen atoms in total. The van der Waals surface area contributed by atoms with Gasteiger partial charge in [-0.05, 0) is 53.8 Å². The SMILES string of the molecule is C[C@@H]1[C@H](CSc2ccc(C(=O)O)cc2)O[C@H](c2ccc(CNC(=O)[C@@H]3CCCN3C(=O)C(F)(F)F)cc2)O[C@@H]1c1ccc(CO)cc1. The molecule has 5 atom stereocenters. The molecule has 250 valence electrons. The van der Waals surface area contributed by atoms with Gasteiger partial charge in [0.2, 0.25) is 5.91 Å². The summed E-state index contributed by atoms with van der Waals surface area (Å²) in [6.07, 6.45) is -5.89. The van der Waals surface area contributed by atoms with Crippen molar-refractivity contribution in [2.45, 2.75) is 68.5 Å². The lowest BCUT2D eigenvalue weighted by molar-refractivity contribution is -0.268. The number of carboxylic acid groups (broad SMARTS) is 1. The number of aliphatic hydroxyl groups excluding tert-OH is 1. The van der Waals surface area contributed by atoms with E-state index in [0.29, 0.717) is 22.6 Å². The van der Waals surface area contributed by atoms with Crippen LogP contribution >= 0.6 is 11.8 Å². The van der Waals surface area contributed by atoms with Gasteiger partial charge < -0.3 is 29.9 Å². The minimum Gasteiger partial charge on any atom is -0.478 e. The topological polar surface area (TPSA) is 125 Å². The summed E-state index contributed by atoms with van der Waals surface area (Å²) in [5, 5.41) is 21.3. The minimum absolute atomic E-state index is 0.0623. The van der Waals surface area contributed by atoms with Gasteiger partial charge in [0.1, 0.15) is 6.04 Å². The molecular weight excluding hydrogens is 637 g/mol. The third kappa shape index (κ3) is 8.33. The molecule has 2 amide bonds. The molecular formula is C34H35F3N2O7S.